The molecular formula is C18H16BrN3O2. The first kappa shape index (κ1) is 16.3. The molecule has 3 aromatic rings. The number of pyridine rings is 1. The molecule has 0 aliphatic heterocycles. The zero-order valence-electron chi connectivity index (χ0n) is 13.0. The number of amides is 1. The Bertz CT molecular complexity index is 847. The zero-order valence-corrected chi connectivity index (χ0v) is 14.6. The number of nitrogens with one attached hydrogen (secondary N) is 2. The van der Waals surface area contributed by atoms with E-state index in [1.165, 1.54) is 0 Å². The minimum absolute atomic E-state index is 0.177. The van der Waals surface area contributed by atoms with Gasteiger partial charge in [0.25, 0.3) is 5.91 Å². The summed E-state index contributed by atoms with van der Waals surface area (Å²) in [6.45, 7) is 2.36. The molecule has 0 fully saturated rings. The average Bonchev–Trinajstić information content (AvgIpc) is 3.09. The molecule has 0 bridgehead atoms. The lowest BCUT2D eigenvalue weighted by molar-refractivity contribution is 0.0948. The van der Waals surface area contributed by atoms with E-state index in [1.54, 1.807) is 30.7 Å². The van der Waals surface area contributed by atoms with E-state index in [0.717, 1.165) is 15.7 Å². The van der Waals surface area contributed by atoms with Crippen molar-refractivity contribution >= 4 is 33.3 Å². The summed E-state index contributed by atoms with van der Waals surface area (Å²) in [6, 6.07) is 12.9. The number of hydrogen-bond acceptors (Lipinski definition) is 4. The lowest BCUT2D eigenvalue weighted by Gasteiger charge is -2.10. The Morgan fingerprint density at radius 3 is 2.88 bits per heavy atom. The van der Waals surface area contributed by atoms with Gasteiger partial charge < -0.3 is 15.1 Å². The Labute approximate surface area is 148 Å². The number of furan rings is 1. The van der Waals surface area contributed by atoms with Gasteiger partial charge in [0, 0.05) is 21.9 Å². The second-order valence-corrected chi connectivity index (χ2v) is 6.19. The quantitative estimate of drug-likeness (QED) is 0.681. The molecule has 1 aromatic carbocycles. The Morgan fingerprint density at radius 2 is 2.12 bits per heavy atom. The van der Waals surface area contributed by atoms with Gasteiger partial charge >= 0.3 is 0 Å². The molecule has 0 radical (unpaired) electrons. The number of aromatic nitrogens is 1. The smallest absolute Gasteiger partial charge is 0.251 e. The van der Waals surface area contributed by atoms with Gasteiger partial charge in [-0.1, -0.05) is 15.9 Å². The maximum absolute atomic E-state index is 12.2. The Morgan fingerprint density at radius 1 is 1.25 bits per heavy atom. The van der Waals surface area contributed by atoms with Crippen LogP contribution in [0.2, 0.25) is 0 Å². The van der Waals surface area contributed by atoms with E-state index in [-0.39, 0.29) is 5.91 Å². The van der Waals surface area contributed by atoms with Gasteiger partial charge in [-0.2, -0.15) is 0 Å². The summed E-state index contributed by atoms with van der Waals surface area (Å²) in [4.78, 5) is 16.5. The van der Waals surface area contributed by atoms with Gasteiger partial charge in [-0.3, -0.25) is 4.79 Å². The molecule has 0 atom stereocenters. The van der Waals surface area contributed by atoms with E-state index >= 15 is 0 Å². The van der Waals surface area contributed by atoms with Gasteiger partial charge in [-0.15, -0.1) is 0 Å². The summed E-state index contributed by atoms with van der Waals surface area (Å²) in [5.74, 6) is 1.15. The summed E-state index contributed by atoms with van der Waals surface area (Å²) in [5.41, 5.74) is 2.56. The van der Waals surface area contributed by atoms with Crippen LogP contribution in [0.4, 0.5) is 11.5 Å². The van der Waals surface area contributed by atoms with E-state index in [0.29, 0.717) is 23.7 Å². The van der Waals surface area contributed by atoms with Crippen LogP contribution in [0.1, 0.15) is 21.7 Å². The Hall–Kier alpha value is -2.60. The highest BCUT2D eigenvalue weighted by Gasteiger charge is 2.08. The van der Waals surface area contributed by atoms with Gasteiger partial charge in [0.2, 0.25) is 0 Å². The Kier molecular flexibility index (Phi) is 4.96. The lowest BCUT2D eigenvalue weighted by Crippen LogP contribution is -2.22. The van der Waals surface area contributed by atoms with Crippen molar-refractivity contribution in [2.24, 2.45) is 0 Å². The van der Waals surface area contributed by atoms with Crippen molar-refractivity contribution in [3.63, 3.8) is 0 Å². The third-order valence-corrected chi connectivity index (χ3v) is 3.97. The van der Waals surface area contributed by atoms with Gasteiger partial charge in [0.15, 0.2) is 0 Å². The van der Waals surface area contributed by atoms with Crippen LogP contribution in [0.3, 0.4) is 0 Å². The SMILES string of the molecule is Cc1cc(Br)ccc1Nc1cc(C(=O)NCc2ccco2)ccn1. The monoisotopic (exact) mass is 385 g/mol. The molecule has 6 heteroatoms. The second kappa shape index (κ2) is 7.31. The highest BCUT2D eigenvalue weighted by Crippen LogP contribution is 2.23. The minimum atomic E-state index is -0.177. The molecular weight excluding hydrogens is 370 g/mol. The molecule has 0 aliphatic rings. The van der Waals surface area contributed by atoms with Crippen LogP contribution in [0.5, 0.6) is 0 Å². The van der Waals surface area contributed by atoms with E-state index < -0.39 is 0 Å². The minimum Gasteiger partial charge on any atom is -0.467 e. The van der Waals surface area contributed by atoms with Gasteiger partial charge in [-0.25, -0.2) is 4.98 Å². The fraction of sp³-hybridized carbons (Fsp3) is 0.111. The molecule has 2 N–H and O–H groups in total. The van der Waals surface area contributed by atoms with Gasteiger partial charge in [-0.05, 0) is 55.0 Å². The van der Waals surface area contributed by atoms with Crippen molar-refractivity contribution in [1.82, 2.24) is 10.3 Å². The van der Waals surface area contributed by atoms with Crippen molar-refractivity contribution in [3.8, 4) is 0 Å². The maximum atomic E-state index is 12.2. The highest BCUT2D eigenvalue weighted by molar-refractivity contribution is 9.10. The number of rotatable bonds is 5. The fourth-order valence-electron chi connectivity index (χ4n) is 2.23. The van der Waals surface area contributed by atoms with Crippen molar-refractivity contribution in [2.75, 3.05) is 5.32 Å². The second-order valence-electron chi connectivity index (χ2n) is 5.28. The summed E-state index contributed by atoms with van der Waals surface area (Å²) in [7, 11) is 0. The number of aryl methyl sites for hydroxylation is 1. The molecule has 24 heavy (non-hydrogen) atoms. The first-order chi connectivity index (χ1) is 11.6. The normalized spacial score (nSPS) is 10.4. The number of carbonyl (C=O) groups excluding carboxylic acids is 1. The number of anilines is 2. The highest BCUT2D eigenvalue weighted by atomic mass is 79.9. The molecule has 0 unspecified atom stereocenters. The summed E-state index contributed by atoms with van der Waals surface area (Å²) in [5, 5.41) is 6.05. The van der Waals surface area contributed by atoms with E-state index in [4.69, 9.17) is 4.42 Å². The van der Waals surface area contributed by atoms with E-state index in [2.05, 4.69) is 31.5 Å². The van der Waals surface area contributed by atoms with Crippen LogP contribution in [0.15, 0.2) is 63.8 Å². The van der Waals surface area contributed by atoms with Crippen LogP contribution < -0.4 is 10.6 Å². The summed E-state index contributed by atoms with van der Waals surface area (Å²) in [6.07, 6.45) is 3.19. The van der Waals surface area contributed by atoms with Gasteiger partial charge in [0.05, 0.1) is 12.8 Å². The zero-order chi connectivity index (χ0) is 16.9. The predicted molar refractivity (Wildman–Crippen MR) is 96.3 cm³/mol. The van der Waals surface area contributed by atoms with Crippen LogP contribution >= 0.6 is 15.9 Å². The molecule has 122 valence electrons. The molecule has 2 heterocycles. The van der Waals surface area contributed by atoms with Crippen molar-refractivity contribution in [2.45, 2.75) is 13.5 Å². The molecule has 5 nitrogen and oxygen atoms in total. The number of hydrogen-bond donors (Lipinski definition) is 2. The summed E-state index contributed by atoms with van der Waals surface area (Å²) >= 11 is 3.44. The molecule has 1 amide bonds. The molecule has 2 aromatic heterocycles. The third-order valence-electron chi connectivity index (χ3n) is 3.48. The summed E-state index contributed by atoms with van der Waals surface area (Å²) < 4.78 is 6.22. The lowest BCUT2D eigenvalue weighted by atomic mass is 10.2. The number of benzene rings is 1. The van der Waals surface area contributed by atoms with E-state index in [1.807, 2.05) is 31.2 Å². The van der Waals surface area contributed by atoms with Crippen LogP contribution in [0, 0.1) is 6.92 Å². The number of carbonyl (C=O) groups is 1. The molecule has 0 saturated heterocycles. The first-order valence-electron chi connectivity index (χ1n) is 7.41. The number of halogens is 1. The van der Waals surface area contributed by atoms with Crippen molar-refractivity contribution in [1.29, 1.82) is 0 Å². The maximum Gasteiger partial charge on any atom is 0.251 e. The van der Waals surface area contributed by atoms with Crippen LogP contribution in [0.25, 0.3) is 0 Å². The molecule has 0 aliphatic carbocycles. The molecule has 0 saturated carbocycles. The third kappa shape index (κ3) is 4.02. The average molecular weight is 386 g/mol. The molecule has 3 rings (SSSR count). The van der Waals surface area contributed by atoms with Crippen molar-refractivity contribution < 1.29 is 9.21 Å². The van der Waals surface area contributed by atoms with Crippen molar-refractivity contribution in [3.05, 3.63) is 76.3 Å². The standard InChI is InChI=1S/C18H16BrN3O2/c1-12-9-14(19)4-5-16(12)22-17-10-13(6-7-20-17)18(23)21-11-15-3-2-8-24-15/h2-10H,11H2,1H3,(H,20,22)(H,21,23). The number of nitrogens with zero attached hydrogens (tertiary/aromatic N) is 1. The predicted octanol–water partition coefficient (Wildman–Crippen LogP) is 4.42. The van der Waals surface area contributed by atoms with Crippen LogP contribution in [-0.2, 0) is 6.54 Å². The van der Waals surface area contributed by atoms with Crippen LogP contribution in [-0.4, -0.2) is 10.9 Å². The molecule has 0 spiro atoms. The first-order valence-corrected chi connectivity index (χ1v) is 8.21. The topological polar surface area (TPSA) is 67.2 Å². The van der Waals surface area contributed by atoms with E-state index in [9.17, 15) is 4.79 Å². The largest absolute Gasteiger partial charge is 0.467 e. The Balaban J connectivity index is 1.70. The van der Waals surface area contributed by atoms with Gasteiger partial charge in [0.1, 0.15) is 11.6 Å². The fourth-order valence-corrected chi connectivity index (χ4v) is 2.70.